The van der Waals surface area contributed by atoms with Gasteiger partial charge in [-0.15, -0.1) is 12.4 Å². The van der Waals surface area contributed by atoms with Crippen LogP contribution in [-0.4, -0.2) is 36.0 Å². The van der Waals surface area contributed by atoms with Gasteiger partial charge in [-0.3, -0.25) is 4.79 Å². The fourth-order valence-electron chi connectivity index (χ4n) is 2.24. The van der Waals surface area contributed by atoms with Crippen LogP contribution in [0.5, 0.6) is 5.75 Å². The van der Waals surface area contributed by atoms with Gasteiger partial charge in [0.1, 0.15) is 11.9 Å². The van der Waals surface area contributed by atoms with Crippen LogP contribution in [0.3, 0.4) is 0 Å². The van der Waals surface area contributed by atoms with E-state index in [2.05, 4.69) is 0 Å². The second kappa shape index (κ2) is 7.72. The van der Waals surface area contributed by atoms with Gasteiger partial charge in [-0.25, -0.2) is 0 Å². The lowest BCUT2D eigenvalue weighted by Gasteiger charge is -2.34. The number of nitrogens with two attached hydrogens (primary N) is 1. The number of piperidine rings is 1. The normalized spacial score (nSPS) is 19.9. The number of benzene rings is 1. The number of ether oxygens (including phenoxy) is 1. The molecule has 0 saturated carbocycles. The topological polar surface area (TPSA) is 55.6 Å². The van der Waals surface area contributed by atoms with E-state index in [0.29, 0.717) is 17.3 Å². The third-order valence-electron chi connectivity index (χ3n) is 3.21. The molecule has 2 atom stereocenters. The molecule has 0 bridgehead atoms. The Morgan fingerprint density at radius 2 is 2.20 bits per heavy atom. The molecule has 1 heterocycles. The molecule has 2 N–H and O–H groups in total. The average molecular weight is 319 g/mol. The molecule has 6 heteroatoms. The number of carbonyl (C=O) groups excluding carboxylic acids is 1. The maximum absolute atomic E-state index is 11.9. The van der Waals surface area contributed by atoms with Crippen LogP contribution in [0.25, 0.3) is 0 Å². The summed E-state index contributed by atoms with van der Waals surface area (Å²) < 4.78 is 5.88. The number of carbonyl (C=O) groups is 1. The predicted molar refractivity (Wildman–Crippen MR) is 82.6 cm³/mol. The molecule has 0 aromatic heterocycles. The lowest BCUT2D eigenvalue weighted by molar-refractivity contribution is -0.134. The van der Waals surface area contributed by atoms with Crippen molar-refractivity contribution in [2.75, 3.05) is 13.1 Å². The molecule has 20 heavy (non-hydrogen) atoms. The van der Waals surface area contributed by atoms with Crippen molar-refractivity contribution in [2.24, 2.45) is 5.73 Å². The third kappa shape index (κ3) is 4.27. The van der Waals surface area contributed by atoms with E-state index in [1.165, 1.54) is 0 Å². The van der Waals surface area contributed by atoms with Crippen LogP contribution in [0, 0.1) is 0 Å². The number of likely N-dealkylation sites (tertiary alicyclic amines) is 1. The molecule has 1 aliphatic rings. The SMILES string of the molecule is C[C@@H](N)C(=O)N1CCCC(Oc2ccccc2Cl)C1.Cl. The number of hydrogen-bond donors (Lipinski definition) is 1. The van der Waals surface area contributed by atoms with E-state index < -0.39 is 6.04 Å². The molecule has 1 unspecified atom stereocenters. The Kier molecular flexibility index (Phi) is 6.59. The molecule has 1 amide bonds. The van der Waals surface area contributed by atoms with E-state index in [4.69, 9.17) is 22.1 Å². The van der Waals surface area contributed by atoms with Crippen molar-refractivity contribution in [3.8, 4) is 5.75 Å². The van der Waals surface area contributed by atoms with Gasteiger partial charge in [-0.2, -0.15) is 0 Å². The molecule has 1 aliphatic heterocycles. The van der Waals surface area contributed by atoms with Crippen LogP contribution in [0.4, 0.5) is 0 Å². The summed E-state index contributed by atoms with van der Waals surface area (Å²) in [5.41, 5.74) is 5.64. The van der Waals surface area contributed by atoms with E-state index in [9.17, 15) is 4.79 Å². The highest BCUT2D eigenvalue weighted by molar-refractivity contribution is 6.32. The zero-order valence-electron chi connectivity index (χ0n) is 11.4. The molecule has 1 saturated heterocycles. The molecule has 0 aliphatic carbocycles. The minimum atomic E-state index is -0.459. The maximum Gasteiger partial charge on any atom is 0.239 e. The van der Waals surface area contributed by atoms with Crippen LogP contribution in [0.1, 0.15) is 19.8 Å². The van der Waals surface area contributed by atoms with Gasteiger partial charge in [0.15, 0.2) is 0 Å². The smallest absolute Gasteiger partial charge is 0.239 e. The molecule has 0 spiro atoms. The van der Waals surface area contributed by atoms with E-state index in [1.54, 1.807) is 17.9 Å². The summed E-state index contributed by atoms with van der Waals surface area (Å²) in [5, 5.41) is 0.596. The number of para-hydroxylation sites is 1. The monoisotopic (exact) mass is 318 g/mol. The van der Waals surface area contributed by atoms with Crippen molar-refractivity contribution >= 4 is 29.9 Å². The molecule has 112 valence electrons. The second-order valence-corrected chi connectivity index (χ2v) is 5.29. The van der Waals surface area contributed by atoms with Crippen molar-refractivity contribution in [3.63, 3.8) is 0 Å². The lowest BCUT2D eigenvalue weighted by atomic mass is 10.1. The first kappa shape index (κ1) is 17.1. The van der Waals surface area contributed by atoms with E-state index in [-0.39, 0.29) is 24.4 Å². The largest absolute Gasteiger partial charge is 0.487 e. The highest BCUT2D eigenvalue weighted by Gasteiger charge is 2.26. The van der Waals surface area contributed by atoms with E-state index in [0.717, 1.165) is 19.4 Å². The van der Waals surface area contributed by atoms with Crippen molar-refractivity contribution < 1.29 is 9.53 Å². The van der Waals surface area contributed by atoms with Gasteiger partial charge in [0.05, 0.1) is 17.6 Å². The Morgan fingerprint density at radius 3 is 2.85 bits per heavy atom. The molecule has 1 aromatic carbocycles. The Hall–Kier alpha value is -0.970. The average Bonchev–Trinajstić information content (AvgIpc) is 2.41. The van der Waals surface area contributed by atoms with Crippen molar-refractivity contribution in [2.45, 2.75) is 31.9 Å². The fourth-order valence-corrected chi connectivity index (χ4v) is 2.42. The number of hydrogen-bond acceptors (Lipinski definition) is 3. The van der Waals surface area contributed by atoms with Gasteiger partial charge < -0.3 is 15.4 Å². The number of rotatable bonds is 3. The fraction of sp³-hybridized carbons (Fsp3) is 0.500. The second-order valence-electron chi connectivity index (χ2n) is 4.89. The van der Waals surface area contributed by atoms with E-state index >= 15 is 0 Å². The zero-order valence-corrected chi connectivity index (χ0v) is 13.0. The first-order chi connectivity index (χ1) is 9.08. The first-order valence-corrected chi connectivity index (χ1v) is 6.91. The quantitative estimate of drug-likeness (QED) is 0.931. The molecule has 1 aromatic rings. The Labute approximate surface area is 130 Å². The summed E-state index contributed by atoms with van der Waals surface area (Å²) in [6, 6.07) is 6.93. The van der Waals surface area contributed by atoms with Crippen LogP contribution < -0.4 is 10.5 Å². The number of nitrogens with zero attached hydrogens (tertiary/aromatic N) is 1. The van der Waals surface area contributed by atoms with Crippen LogP contribution in [0.2, 0.25) is 5.02 Å². The summed E-state index contributed by atoms with van der Waals surface area (Å²) in [7, 11) is 0. The highest BCUT2D eigenvalue weighted by atomic mass is 35.5. The van der Waals surface area contributed by atoms with Gasteiger partial charge in [0.2, 0.25) is 5.91 Å². The van der Waals surface area contributed by atoms with E-state index in [1.807, 2.05) is 18.2 Å². The third-order valence-corrected chi connectivity index (χ3v) is 3.52. The van der Waals surface area contributed by atoms with Crippen LogP contribution >= 0.6 is 24.0 Å². The Morgan fingerprint density at radius 1 is 1.50 bits per heavy atom. The minimum Gasteiger partial charge on any atom is -0.487 e. The number of amides is 1. The summed E-state index contributed by atoms with van der Waals surface area (Å²) in [5.74, 6) is 0.650. The summed E-state index contributed by atoms with van der Waals surface area (Å²) in [6.45, 7) is 3.04. The molecule has 4 nitrogen and oxygen atoms in total. The summed E-state index contributed by atoms with van der Waals surface area (Å²) in [4.78, 5) is 13.7. The highest BCUT2D eigenvalue weighted by Crippen LogP contribution is 2.26. The Bertz CT molecular complexity index is 455. The van der Waals surface area contributed by atoms with Gasteiger partial charge in [-0.05, 0) is 31.9 Å². The van der Waals surface area contributed by atoms with Gasteiger partial charge in [0.25, 0.3) is 0 Å². The van der Waals surface area contributed by atoms with Gasteiger partial charge in [-0.1, -0.05) is 23.7 Å². The molecule has 0 radical (unpaired) electrons. The zero-order chi connectivity index (χ0) is 13.8. The molecular weight excluding hydrogens is 299 g/mol. The van der Waals surface area contributed by atoms with Crippen molar-refractivity contribution in [1.82, 2.24) is 4.90 Å². The first-order valence-electron chi connectivity index (χ1n) is 6.53. The lowest BCUT2D eigenvalue weighted by Crippen LogP contribution is -2.49. The molecular formula is C14H20Cl2N2O2. The molecule has 1 fully saturated rings. The summed E-state index contributed by atoms with van der Waals surface area (Å²) in [6.07, 6.45) is 1.83. The Balaban J connectivity index is 0.00000200. The van der Waals surface area contributed by atoms with Crippen LogP contribution in [0.15, 0.2) is 24.3 Å². The standard InChI is InChI=1S/C14H19ClN2O2.ClH/c1-10(16)14(18)17-8-4-5-11(9-17)19-13-7-3-2-6-12(13)15;/h2-3,6-7,10-11H,4-5,8-9,16H2,1H3;1H/t10-,11?;/m1./s1. The van der Waals surface area contributed by atoms with Gasteiger partial charge >= 0.3 is 0 Å². The minimum absolute atomic E-state index is 0. The summed E-state index contributed by atoms with van der Waals surface area (Å²) >= 11 is 6.07. The van der Waals surface area contributed by atoms with Crippen molar-refractivity contribution in [3.05, 3.63) is 29.3 Å². The van der Waals surface area contributed by atoms with Crippen molar-refractivity contribution in [1.29, 1.82) is 0 Å². The molecule has 2 rings (SSSR count). The van der Waals surface area contributed by atoms with Crippen LogP contribution in [-0.2, 0) is 4.79 Å². The maximum atomic E-state index is 11.9. The number of halogens is 2. The van der Waals surface area contributed by atoms with Gasteiger partial charge in [0, 0.05) is 6.54 Å². The predicted octanol–water partition coefficient (Wildman–Crippen LogP) is 2.48.